The summed E-state index contributed by atoms with van der Waals surface area (Å²) in [6.45, 7) is 0. The maximum Gasteiger partial charge on any atom is 0.253 e. The predicted molar refractivity (Wildman–Crippen MR) is 75.0 cm³/mol. The van der Waals surface area contributed by atoms with Crippen molar-refractivity contribution in [1.82, 2.24) is 10.2 Å². The molecule has 1 atom stereocenters. The van der Waals surface area contributed by atoms with E-state index in [1.54, 1.807) is 18.8 Å². The van der Waals surface area contributed by atoms with Crippen molar-refractivity contribution in [2.75, 3.05) is 12.8 Å². The number of aliphatic imine (C=N–C) groups is 1. The Kier molecular flexibility index (Phi) is 3.28. The zero-order valence-electron chi connectivity index (χ0n) is 11.1. The summed E-state index contributed by atoms with van der Waals surface area (Å²) in [6.07, 6.45) is 5.92. The summed E-state index contributed by atoms with van der Waals surface area (Å²) in [5.74, 6) is 0.792. The van der Waals surface area contributed by atoms with Crippen LogP contribution < -0.4 is 5.32 Å². The average molecular weight is 281 g/mol. The maximum absolute atomic E-state index is 12.0. The first-order valence-electron chi connectivity index (χ1n) is 6.89. The van der Waals surface area contributed by atoms with Crippen LogP contribution in [0.25, 0.3) is 0 Å². The highest BCUT2D eigenvalue weighted by Gasteiger charge is 2.40. The van der Waals surface area contributed by atoms with Crippen LogP contribution in [0, 0.1) is 0 Å². The van der Waals surface area contributed by atoms with Crippen LogP contribution >= 0.6 is 11.8 Å². The lowest BCUT2D eigenvalue weighted by Gasteiger charge is -2.26. The van der Waals surface area contributed by atoms with Crippen LogP contribution in [0.3, 0.4) is 0 Å². The third kappa shape index (κ3) is 2.38. The molecule has 0 aromatic heterocycles. The number of imide groups is 1. The largest absolute Gasteiger partial charge is 0.359 e. The molecule has 1 N–H and O–H groups in total. The molecule has 0 aromatic carbocycles. The number of likely N-dealkylation sites (tertiary alicyclic amines) is 1. The molecular formula is C13H19N3O2S. The molecule has 1 aliphatic carbocycles. The molecule has 6 heteroatoms. The van der Waals surface area contributed by atoms with Crippen LogP contribution in [0.5, 0.6) is 0 Å². The SMILES string of the molecule is CN1C(=O)CCC(N=C2NC3(CCCC3)CS2)C1=O. The molecule has 5 nitrogen and oxygen atoms in total. The Labute approximate surface area is 117 Å². The number of amides is 2. The van der Waals surface area contributed by atoms with Crippen LogP contribution in [-0.2, 0) is 9.59 Å². The number of likely N-dealkylation sites (N-methyl/N-ethyl adjacent to an activating group) is 1. The summed E-state index contributed by atoms with van der Waals surface area (Å²) in [4.78, 5) is 29.2. The number of piperidine rings is 1. The molecular weight excluding hydrogens is 262 g/mol. The fraction of sp³-hybridized carbons (Fsp3) is 0.769. The van der Waals surface area contributed by atoms with Gasteiger partial charge in [0, 0.05) is 24.8 Å². The van der Waals surface area contributed by atoms with Gasteiger partial charge in [-0.15, -0.1) is 0 Å². The van der Waals surface area contributed by atoms with E-state index in [9.17, 15) is 9.59 Å². The molecule has 1 unspecified atom stereocenters. The molecule has 0 aromatic rings. The summed E-state index contributed by atoms with van der Waals surface area (Å²) in [5, 5.41) is 4.41. The van der Waals surface area contributed by atoms with Gasteiger partial charge in [0.25, 0.3) is 5.91 Å². The van der Waals surface area contributed by atoms with E-state index >= 15 is 0 Å². The summed E-state index contributed by atoms with van der Waals surface area (Å²) in [5.41, 5.74) is 0.225. The highest BCUT2D eigenvalue weighted by molar-refractivity contribution is 8.14. The summed E-state index contributed by atoms with van der Waals surface area (Å²) >= 11 is 1.72. The minimum Gasteiger partial charge on any atom is -0.359 e. The van der Waals surface area contributed by atoms with Crippen molar-refractivity contribution in [1.29, 1.82) is 0 Å². The Morgan fingerprint density at radius 3 is 2.84 bits per heavy atom. The first-order chi connectivity index (χ1) is 9.10. The summed E-state index contributed by atoms with van der Waals surface area (Å²) in [7, 11) is 1.55. The third-order valence-electron chi connectivity index (χ3n) is 4.31. The van der Waals surface area contributed by atoms with E-state index in [0.717, 1.165) is 10.9 Å². The number of thioether (sulfide) groups is 1. The molecule has 104 valence electrons. The maximum atomic E-state index is 12.0. The van der Waals surface area contributed by atoms with Crippen molar-refractivity contribution in [2.24, 2.45) is 4.99 Å². The van der Waals surface area contributed by atoms with Gasteiger partial charge in [0.05, 0.1) is 0 Å². The predicted octanol–water partition coefficient (Wildman–Crippen LogP) is 1.14. The van der Waals surface area contributed by atoms with Crippen LogP contribution in [0.4, 0.5) is 0 Å². The van der Waals surface area contributed by atoms with E-state index in [0.29, 0.717) is 12.8 Å². The Bertz CT molecular complexity index is 443. The molecule has 2 saturated heterocycles. The van der Waals surface area contributed by atoms with Gasteiger partial charge in [-0.2, -0.15) is 0 Å². The molecule has 0 bridgehead atoms. The molecule has 2 amide bonds. The quantitative estimate of drug-likeness (QED) is 0.732. The molecule has 3 rings (SSSR count). The number of hydrogen-bond donors (Lipinski definition) is 1. The standard InChI is InChI=1S/C13H19N3O2S/c1-16-10(17)5-4-9(11(16)18)14-12-15-13(8-19-12)6-2-3-7-13/h9H,2-8H2,1H3,(H,14,15). The van der Waals surface area contributed by atoms with E-state index in [1.165, 1.54) is 30.6 Å². The van der Waals surface area contributed by atoms with Gasteiger partial charge in [0.2, 0.25) is 5.91 Å². The Balaban J connectivity index is 1.69. The number of nitrogens with zero attached hydrogens (tertiary/aromatic N) is 2. The third-order valence-corrected chi connectivity index (χ3v) is 5.49. The number of carbonyl (C=O) groups excluding carboxylic acids is 2. The van der Waals surface area contributed by atoms with Gasteiger partial charge in [-0.1, -0.05) is 24.6 Å². The molecule has 1 saturated carbocycles. The molecule has 3 aliphatic rings. The van der Waals surface area contributed by atoms with Gasteiger partial charge in [0.1, 0.15) is 6.04 Å². The summed E-state index contributed by atoms with van der Waals surface area (Å²) in [6, 6.07) is -0.380. The molecule has 2 heterocycles. The molecule has 2 aliphatic heterocycles. The van der Waals surface area contributed by atoms with E-state index in [4.69, 9.17) is 0 Å². The lowest BCUT2D eigenvalue weighted by Crippen LogP contribution is -2.46. The number of nitrogens with one attached hydrogen (secondary N) is 1. The van der Waals surface area contributed by atoms with Crippen molar-refractivity contribution in [3.05, 3.63) is 0 Å². The van der Waals surface area contributed by atoms with Gasteiger partial charge in [-0.05, 0) is 19.3 Å². The van der Waals surface area contributed by atoms with Crippen LogP contribution in [-0.4, -0.2) is 46.3 Å². The first kappa shape index (κ1) is 13.0. The topological polar surface area (TPSA) is 61.8 Å². The minimum atomic E-state index is -0.380. The number of amidine groups is 1. The van der Waals surface area contributed by atoms with Crippen molar-refractivity contribution in [3.8, 4) is 0 Å². The fourth-order valence-electron chi connectivity index (χ4n) is 3.06. The van der Waals surface area contributed by atoms with E-state index in [1.807, 2.05) is 0 Å². The van der Waals surface area contributed by atoms with E-state index in [2.05, 4.69) is 10.3 Å². The Morgan fingerprint density at radius 2 is 2.11 bits per heavy atom. The van der Waals surface area contributed by atoms with Gasteiger partial charge in [-0.3, -0.25) is 14.5 Å². The summed E-state index contributed by atoms with van der Waals surface area (Å²) < 4.78 is 0. The smallest absolute Gasteiger partial charge is 0.253 e. The molecule has 1 spiro atoms. The number of rotatable bonds is 1. The monoisotopic (exact) mass is 281 g/mol. The minimum absolute atomic E-state index is 0.0965. The van der Waals surface area contributed by atoms with Crippen LogP contribution in [0.2, 0.25) is 0 Å². The Hall–Kier alpha value is -1.04. The van der Waals surface area contributed by atoms with Crippen molar-refractivity contribution >= 4 is 28.7 Å². The molecule has 19 heavy (non-hydrogen) atoms. The van der Waals surface area contributed by atoms with Crippen LogP contribution in [0.1, 0.15) is 38.5 Å². The average Bonchev–Trinajstić information content (AvgIpc) is 3.01. The van der Waals surface area contributed by atoms with E-state index < -0.39 is 0 Å². The molecule has 3 fully saturated rings. The van der Waals surface area contributed by atoms with Crippen molar-refractivity contribution in [3.63, 3.8) is 0 Å². The van der Waals surface area contributed by atoms with Crippen molar-refractivity contribution in [2.45, 2.75) is 50.1 Å². The lowest BCUT2D eigenvalue weighted by molar-refractivity contribution is -0.147. The molecule has 0 radical (unpaired) electrons. The van der Waals surface area contributed by atoms with Gasteiger partial charge in [0.15, 0.2) is 5.17 Å². The zero-order chi connectivity index (χ0) is 13.5. The van der Waals surface area contributed by atoms with E-state index in [-0.39, 0.29) is 23.4 Å². The fourth-order valence-corrected chi connectivity index (χ4v) is 4.32. The highest BCUT2D eigenvalue weighted by atomic mass is 32.2. The van der Waals surface area contributed by atoms with Gasteiger partial charge >= 0.3 is 0 Å². The second kappa shape index (κ2) is 4.81. The first-order valence-corrected chi connectivity index (χ1v) is 7.87. The second-order valence-electron chi connectivity index (χ2n) is 5.68. The zero-order valence-corrected chi connectivity index (χ0v) is 12.0. The van der Waals surface area contributed by atoms with Gasteiger partial charge in [-0.25, -0.2) is 4.99 Å². The van der Waals surface area contributed by atoms with Crippen LogP contribution in [0.15, 0.2) is 4.99 Å². The lowest BCUT2D eigenvalue weighted by atomic mass is 10.0. The number of carbonyl (C=O) groups is 2. The van der Waals surface area contributed by atoms with Crippen molar-refractivity contribution < 1.29 is 9.59 Å². The number of hydrogen-bond acceptors (Lipinski definition) is 4. The normalized spacial score (nSPS) is 32.4. The Morgan fingerprint density at radius 1 is 1.37 bits per heavy atom. The van der Waals surface area contributed by atoms with Gasteiger partial charge < -0.3 is 5.32 Å². The highest BCUT2D eigenvalue weighted by Crippen LogP contribution is 2.37. The second-order valence-corrected chi connectivity index (χ2v) is 6.64.